The van der Waals surface area contributed by atoms with Crippen LogP contribution in [-0.2, 0) is 7.05 Å². The van der Waals surface area contributed by atoms with Crippen LogP contribution in [0.5, 0.6) is 0 Å². The number of aromatic nitrogens is 3. The third-order valence-corrected chi connectivity index (χ3v) is 2.72. The average molecular weight is 251 g/mol. The van der Waals surface area contributed by atoms with Crippen molar-refractivity contribution in [2.45, 2.75) is 0 Å². The minimum Gasteiger partial charge on any atom is -0.367 e. The Bertz CT molecular complexity index is 490. The van der Waals surface area contributed by atoms with Crippen molar-refractivity contribution in [2.24, 2.45) is 7.05 Å². The van der Waals surface area contributed by atoms with Crippen LogP contribution in [0.1, 0.15) is 5.69 Å². The summed E-state index contributed by atoms with van der Waals surface area (Å²) in [5.74, 6) is 0. The highest BCUT2D eigenvalue weighted by Gasteiger charge is 2.14. The summed E-state index contributed by atoms with van der Waals surface area (Å²) in [6.07, 6.45) is 3.70. The topological polar surface area (TPSA) is 57.4 Å². The smallest absolute Gasteiger partial charge is 0.177 e. The van der Waals surface area contributed by atoms with Gasteiger partial charge in [-0.15, -0.1) is 0 Å². The van der Waals surface area contributed by atoms with Gasteiger partial charge in [0.15, 0.2) is 5.69 Å². The number of nitrogens with one attached hydrogen (secondary N) is 1. The summed E-state index contributed by atoms with van der Waals surface area (Å²) in [6, 6.07) is 3.96. The third-order valence-electron chi connectivity index (χ3n) is 1.97. The Morgan fingerprint density at radius 2 is 2.43 bits per heavy atom. The van der Waals surface area contributed by atoms with Crippen molar-refractivity contribution in [1.29, 1.82) is 5.26 Å². The van der Waals surface area contributed by atoms with E-state index in [1.807, 2.05) is 31.6 Å². The third kappa shape index (κ3) is 1.24. The number of halogens is 1. The first kappa shape index (κ1) is 9.03. The number of hydrogen-bond donors (Lipinski definition) is 1. The summed E-state index contributed by atoms with van der Waals surface area (Å²) < 4.78 is 2.42. The van der Waals surface area contributed by atoms with Crippen LogP contribution in [0, 0.1) is 11.3 Å². The lowest BCUT2D eigenvalue weighted by Gasteiger charge is -1.97. The molecule has 2 aromatic heterocycles. The predicted octanol–water partition coefficient (Wildman–Crippen LogP) is 2.05. The van der Waals surface area contributed by atoms with Crippen LogP contribution < -0.4 is 0 Å². The molecule has 0 saturated heterocycles. The molecule has 4 nitrogen and oxygen atoms in total. The van der Waals surface area contributed by atoms with Gasteiger partial charge in [0.05, 0.1) is 10.2 Å². The van der Waals surface area contributed by atoms with Crippen LogP contribution in [0.2, 0.25) is 0 Å². The molecule has 2 heterocycles. The van der Waals surface area contributed by atoms with Crippen LogP contribution >= 0.6 is 15.9 Å². The van der Waals surface area contributed by atoms with Gasteiger partial charge in [0.2, 0.25) is 0 Å². The first-order chi connectivity index (χ1) is 6.74. The highest BCUT2D eigenvalue weighted by Crippen LogP contribution is 2.29. The van der Waals surface area contributed by atoms with E-state index in [1.54, 1.807) is 4.68 Å². The van der Waals surface area contributed by atoms with Crippen molar-refractivity contribution in [2.75, 3.05) is 0 Å². The Kier molecular flexibility index (Phi) is 2.14. The van der Waals surface area contributed by atoms with E-state index < -0.39 is 0 Å². The summed E-state index contributed by atoms with van der Waals surface area (Å²) in [6.45, 7) is 0. The molecule has 2 aromatic rings. The van der Waals surface area contributed by atoms with Crippen molar-refractivity contribution in [3.8, 4) is 17.3 Å². The summed E-state index contributed by atoms with van der Waals surface area (Å²) in [5, 5.41) is 12.9. The molecule has 0 unspecified atom stereocenters. The number of rotatable bonds is 1. The van der Waals surface area contributed by atoms with Crippen LogP contribution in [-0.4, -0.2) is 14.8 Å². The predicted molar refractivity (Wildman–Crippen MR) is 55.4 cm³/mol. The zero-order chi connectivity index (χ0) is 10.1. The van der Waals surface area contributed by atoms with E-state index in [9.17, 15) is 0 Å². The van der Waals surface area contributed by atoms with Gasteiger partial charge in [-0.05, 0) is 22.0 Å². The summed E-state index contributed by atoms with van der Waals surface area (Å²) in [5.41, 5.74) is 2.32. The van der Waals surface area contributed by atoms with E-state index in [1.165, 1.54) is 0 Å². The first-order valence-corrected chi connectivity index (χ1v) is 4.79. The van der Waals surface area contributed by atoms with E-state index in [-0.39, 0.29) is 0 Å². The molecule has 0 fully saturated rings. The Morgan fingerprint density at radius 1 is 1.64 bits per heavy atom. The molecule has 70 valence electrons. The maximum atomic E-state index is 8.79. The van der Waals surface area contributed by atoms with Crippen LogP contribution in [0.3, 0.4) is 0 Å². The number of nitriles is 1. The van der Waals surface area contributed by atoms with E-state index in [0.717, 1.165) is 15.7 Å². The molecule has 2 rings (SSSR count). The second kappa shape index (κ2) is 3.31. The monoisotopic (exact) mass is 250 g/mol. The van der Waals surface area contributed by atoms with Crippen LogP contribution in [0.25, 0.3) is 11.3 Å². The normalized spacial score (nSPS) is 10.1. The first-order valence-electron chi connectivity index (χ1n) is 4.00. The molecule has 0 spiro atoms. The number of nitrogens with zero attached hydrogens (tertiary/aromatic N) is 3. The quantitative estimate of drug-likeness (QED) is 0.843. The highest BCUT2D eigenvalue weighted by atomic mass is 79.9. The molecule has 0 aliphatic carbocycles. The molecular formula is C9H7BrN4. The summed E-state index contributed by atoms with van der Waals surface area (Å²) in [7, 11) is 1.81. The SMILES string of the molecule is Cn1nc(C#N)c(Br)c1-c1cc[nH]c1. The zero-order valence-corrected chi connectivity index (χ0v) is 9.04. The molecule has 0 bridgehead atoms. The van der Waals surface area contributed by atoms with Crippen molar-refractivity contribution < 1.29 is 0 Å². The van der Waals surface area contributed by atoms with Crippen molar-refractivity contribution in [1.82, 2.24) is 14.8 Å². The second-order valence-corrected chi connectivity index (χ2v) is 3.64. The fourth-order valence-corrected chi connectivity index (χ4v) is 2.01. The van der Waals surface area contributed by atoms with E-state index in [0.29, 0.717) is 5.69 Å². The Hall–Kier alpha value is -1.54. The Labute approximate surface area is 89.3 Å². The number of H-pyrrole nitrogens is 1. The lowest BCUT2D eigenvalue weighted by atomic mass is 10.2. The molecule has 5 heteroatoms. The van der Waals surface area contributed by atoms with Crippen LogP contribution in [0.15, 0.2) is 22.9 Å². The lowest BCUT2D eigenvalue weighted by Crippen LogP contribution is -1.92. The van der Waals surface area contributed by atoms with Gasteiger partial charge in [-0.1, -0.05) is 0 Å². The molecular weight excluding hydrogens is 244 g/mol. The highest BCUT2D eigenvalue weighted by molar-refractivity contribution is 9.10. The Morgan fingerprint density at radius 3 is 2.93 bits per heavy atom. The second-order valence-electron chi connectivity index (χ2n) is 2.85. The van der Waals surface area contributed by atoms with Crippen molar-refractivity contribution in [3.05, 3.63) is 28.6 Å². The van der Waals surface area contributed by atoms with E-state index in [2.05, 4.69) is 26.0 Å². The maximum Gasteiger partial charge on any atom is 0.177 e. The molecule has 0 amide bonds. The summed E-state index contributed by atoms with van der Waals surface area (Å²) in [4.78, 5) is 2.97. The van der Waals surface area contributed by atoms with E-state index in [4.69, 9.17) is 5.26 Å². The van der Waals surface area contributed by atoms with Gasteiger partial charge in [-0.2, -0.15) is 10.4 Å². The fourth-order valence-electron chi connectivity index (χ4n) is 1.35. The van der Waals surface area contributed by atoms with Crippen molar-refractivity contribution >= 4 is 15.9 Å². The number of aromatic amines is 1. The van der Waals surface area contributed by atoms with Crippen molar-refractivity contribution in [3.63, 3.8) is 0 Å². The molecule has 0 atom stereocenters. The molecule has 0 saturated carbocycles. The molecule has 1 N–H and O–H groups in total. The van der Waals surface area contributed by atoms with Gasteiger partial charge in [0.25, 0.3) is 0 Å². The minimum absolute atomic E-state index is 0.406. The standard InChI is InChI=1S/C9H7BrN4/c1-14-9(6-2-3-12-5-6)8(10)7(4-11)13-14/h2-3,5,12H,1H3. The van der Waals surface area contributed by atoms with Gasteiger partial charge < -0.3 is 4.98 Å². The van der Waals surface area contributed by atoms with Gasteiger partial charge in [-0.3, -0.25) is 4.68 Å². The van der Waals surface area contributed by atoms with Gasteiger partial charge in [-0.25, -0.2) is 0 Å². The minimum atomic E-state index is 0.406. The van der Waals surface area contributed by atoms with E-state index >= 15 is 0 Å². The van der Waals surface area contributed by atoms with Gasteiger partial charge in [0.1, 0.15) is 6.07 Å². The fraction of sp³-hybridized carbons (Fsp3) is 0.111. The van der Waals surface area contributed by atoms with Gasteiger partial charge in [0, 0.05) is 25.0 Å². The molecule has 0 aliphatic rings. The van der Waals surface area contributed by atoms with Crippen LogP contribution in [0.4, 0.5) is 0 Å². The summed E-state index contributed by atoms with van der Waals surface area (Å²) >= 11 is 3.36. The Balaban J connectivity index is 2.66. The largest absolute Gasteiger partial charge is 0.367 e. The number of hydrogen-bond acceptors (Lipinski definition) is 2. The van der Waals surface area contributed by atoms with Gasteiger partial charge >= 0.3 is 0 Å². The number of aryl methyl sites for hydroxylation is 1. The average Bonchev–Trinajstić information content (AvgIpc) is 2.74. The molecule has 14 heavy (non-hydrogen) atoms. The zero-order valence-electron chi connectivity index (χ0n) is 7.45. The molecule has 0 radical (unpaired) electrons. The molecule has 0 aliphatic heterocycles. The maximum absolute atomic E-state index is 8.79. The molecule has 0 aromatic carbocycles. The lowest BCUT2D eigenvalue weighted by molar-refractivity contribution is 0.771.